The van der Waals surface area contributed by atoms with Crippen LogP contribution in [0.1, 0.15) is 46.0 Å². The average molecular weight is 256 g/mol. The SMILES string of the molecule is COCOC1(C)CC2CC(C1)CC(C)(C(=O)O)C2. The van der Waals surface area contributed by atoms with E-state index in [-0.39, 0.29) is 5.60 Å². The Bertz CT molecular complexity index is 312. The lowest BCUT2D eigenvalue weighted by Crippen LogP contribution is -2.47. The predicted molar refractivity (Wildman–Crippen MR) is 67.2 cm³/mol. The van der Waals surface area contributed by atoms with E-state index in [1.165, 1.54) is 0 Å². The highest BCUT2D eigenvalue weighted by Crippen LogP contribution is 2.52. The summed E-state index contributed by atoms with van der Waals surface area (Å²) < 4.78 is 10.8. The van der Waals surface area contributed by atoms with Crippen LogP contribution in [0.25, 0.3) is 0 Å². The summed E-state index contributed by atoms with van der Waals surface area (Å²) in [5.74, 6) is 0.305. The van der Waals surface area contributed by atoms with E-state index in [0.29, 0.717) is 18.6 Å². The van der Waals surface area contributed by atoms with Crippen LogP contribution in [-0.4, -0.2) is 30.6 Å². The monoisotopic (exact) mass is 256 g/mol. The Labute approximate surface area is 109 Å². The molecular formula is C14H24O4. The van der Waals surface area contributed by atoms with Crippen molar-refractivity contribution in [2.45, 2.75) is 51.6 Å². The minimum absolute atomic E-state index is 0.135. The fraction of sp³-hybridized carbons (Fsp3) is 0.929. The van der Waals surface area contributed by atoms with Crippen LogP contribution in [0.2, 0.25) is 0 Å². The summed E-state index contributed by atoms with van der Waals surface area (Å²) >= 11 is 0. The number of carboxylic acids is 1. The Morgan fingerprint density at radius 3 is 2.22 bits per heavy atom. The first-order valence-corrected chi connectivity index (χ1v) is 6.73. The summed E-state index contributed by atoms with van der Waals surface area (Å²) in [4.78, 5) is 11.4. The molecule has 0 radical (unpaired) electrons. The third-order valence-corrected chi connectivity index (χ3v) is 4.63. The maximum atomic E-state index is 11.4. The normalized spacial score (nSPS) is 43.7. The van der Waals surface area contributed by atoms with Gasteiger partial charge in [0.1, 0.15) is 6.79 Å². The highest BCUT2D eigenvalue weighted by molar-refractivity contribution is 5.74. The number of aliphatic carboxylic acids is 1. The number of methoxy groups -OCH3 is 1. The Hall–Kier alpha value is -0.610. The topological polar surface area (TPSA) is 55.8 Å². The lowest BCUT2D eigenvalue weighted by atomic mass is 9.58. The fourth-order valence-electron chi connectivity index (χ4n) is 4.10. The molecule has 2 atom stereocenters. The van der Waals surface area contributed by atoms with Crippen molar-refractivity contribution in [2.24, 2.45) is 17.3 Å². The van der Waals surface area contributed by atoms with Crippen molar-refractivity contribution in [3.63, 3.8) is 0 Å². The quantitative estimate of drug-likeness (QED) is 0.786. The zero-order valence-electron chi connectivity index (χ0n) is 11.6. The number of fused-ring (bicyclic) bond motifs is 2. The first-order valence-electron chi connectivity index (χ1n) is 6.73. The van der Waals surface area contributed by atoms with Crippen LogP contribution >= 0.6 is 0 Å². The van der Waals surface area contributed by atoms with Gasteiger partial charge in [-0.1, -0.05) is 0 Å². The van der Waals surface area contributed by atoms with Crippen molar-refractivity contribution >= 4 is 5.97 Å². The highest BCUT2D eigenvalue weighted by Gasteiger charge is 2.49. The van der Waals surface area contributed by atoms with Gasteiger partial charge in [0.2, 0.25) is 0 Å². The molecule has 0 spiro atoms. The number of rotatable bonds is 4. The number of hydrogen-bond acceptors (Lipinski definition) is 3. The zero-order chi connectivity index (χ0) is 13.4. The van der Waals surface area contributed by atoms with Crippen LogP contribution in [0.5, 0.6) is 0 Å². The van der Waals surface area contributed by atoms with Crippen LogP contribution in [-0.2, 0) is 14.3 Å². The molecule has 2 aliphatic carbocycles. The first-order chi connectivity index (χ1) is 8.37. The third kappa shape index (κ3) is 2.69. The van der Waals surface area contributed by atoms with Gasteiger partial charge in [-0.15, -0.1) is 0 Å². The van der Waals surface area contributed by atoms with Gasteiger partial charge in [-0.3, -0.25) is 4.79 Å². The Kier molecular flexibility index (Phi) is 3.70. The van der Waals surface area contributed by atoms with Crippen molar-refractivity contribution < 1.29 is 19.4 Å². The number of carbonyl (C=O) groups is 1. The van der Waals surface area contributed by atoms with Crippen molar-refractivity contribution in [1.82, 2.24) is 0 Å². The predicted octanol–water partition coefficient (Wildman–Crippen LogP) is 2.67. The van der Waals surface area contributed by atoms with E-state index in [1.807, 2.05) is 6.92 Å². The smallest absolute Gasteiger partial charge is 0.309 e. The molecule has 2 rings (SSSR count). The Morgan fingerprint density at radius 2 is 1.78 bits per heavy atom. The molecule has 4 heteroatoms. The minimum atomic E-state index is -0.640. The number of hydrogen-bond donors (Lipinski definition) is 1. The molecule has 0 aliphatic heterocycles. The molecule has 0 aromatic carbocycles. The van der Waals surface area contributed by atoms with Gasteiger partial charge in [0.05, 0.1) is 11.0 Å². The molecule has 2 fully saturated rings. The number of carboxylic acid groups (broad SMARTS) is 1. The molecule has 1 N–H and O–H groups in total. The molecule has 0 saturated heterocycles. The van der Waals surface area contributed by atoms with E-state index >= 15 is 0 Å². The largest absolute Gasteiger partial charge is 0.481 e. The Morgan fingerprint density at radius 1 is 1.22 bits per heavy atom. The molecule has 2 saturated carbocycles. The summed E-state index contributed by atoms with van der Waals surface area (Å²) in [5, 5.41) is 9.37. The van der Waals surface area contributed by atoms with E-state index in [2.05, 4.69) is 6.92 Å². The molecule has 0 amide bonds. The molecule has 0 aromatic heterocycles. The molecule has 2 unspecified atom stereocenters. The molecule has 2 aliphatic rings. The molecule has 104 valence electrons. The summed E-state index contributed by atoms with van der Waals surface area (Å²) in [6.45, 7) is 4.36. The van der Waals surface area contributed by atoms with Crippen LogP contribution in [0.15, 0.2) is 0 Å². The second-order valence-electron chi connectivity index (χ2n) is 6.65. The van der Waals surface area contributed by atoms with Gasteiger partial charge in [-0.2, -0.15) is 0 Å². The van der Waals surface area contributed by atoms with Gasteiger partial charge in [0.25, 0.3) is 0 Å². The fourth-order valence-corrected chi connectivity index (χ4v) is 4.10. The average Bonchev–Trinajstić information content (AvgIpc) is 2.24. The van der Waals surface area contributed by atoms with Gasteiger partial charge in [0.15, 0.2) is 0 Å². The van der Waals surface area contributed by atoms with Gasteiger partial charge in [-0.25, -0.2) is 0 Å². The van der Waals surface area contributed by atoms with Crippen molar-refractivity contribution in [3.8, 4) is 0 Å². The zero-order valence-corrected chi connectivity index (χ0v) is 11.6. The standard InChI is InChI=1S/C14H24O4/c1-13(12(15)16)5-10-4-11(6-13)8-14(2,7-10)18-9-17-3/h10-11H,4-9H2,1-3H3,(H,15,16). The molecule has 4 nitrogen and oxygen atoms in total. The van der Waals surface area contributed by atoms with Crippen LogP contribution in [0, 0.1) is 17.3 Å². The maximum Gasteiger partial charge on any atom is 0.309 e. The van der Waals surface area contributed by atoms with E-state index in [4.69, 9.17) is 9.47 Å². The van der Waals surface area contributed by atoms with Crippen molar-refractivity contribution in [1.29, 1.82) is 0 Å². The van der Waals surface area contributed by atoms with Crippen molar-refractivity contribution in [3.05, 3.63) is 0 Å². The van der Waals surface area contributed by atoms with E-state index in [9.17, 15) is 9.90 Å². The molecule has 0 heterocycles. The van der Waals surface area contributed by atoms with Gasteiger partial charge in [-0.05, 0) is 57.8 Å². The third-order valence-electron chi connectivity index (χ3n) is 4.63. The minimum Gasteiger partial charge on any atom is -0.481 e. The van der Waals surface area contributed by atoms with E-state index < -0.39 is 11.4 Å². The van der Waals surface area contributed by atoms with Crippen LogP contribution in [0.3, 0.4) is 0 Å². The lowest BCUT2D eigenvalue weighted by molar-refractivity contribution is -0.173. The second kappa shape index (κ2) is 4.82. The van der Waals surface area contributed by atoms with Gasteiger partial charge < -0.3 is 14.6 Å². The van der Waals surface area contributed by atoms with Gasteiger partial charge >= 0.3 is 5.97 Å². The van der Waals surface area contributed by atoms with Crippen molar-refractivity contribution in [2.75, 3.05) is 13.9 Å². The van der Waals surface area contributed by atoms with E-state index in [1.54, 1.807) is 7.11 Å². The highest BCUT2D eigenvalue weighted by atomic mass is 16.7. The lowest BCUT2D eigenvalue weighted by Gasteiger charge is -2.49. The maximum absolute atomic E-state index is 11.4. The first kappa shape index (κ1) is 13.8. The summed E-state index contributed by atoms with van der Waals surface area (Å²) in [6, 6.07) is 0. The van der Waals surface area contributed by atoms with E-state index in [0.717, 1.165) is 32.1 Å². The van der Waals surface area contributed by atoms with Crippen LogP contribution < -0.4 is 0 Å². The molecule has 2 bridgehead atoms. The number of ether oxygens (including phenoxy) is 2. The summed E-state index contributed by atoms with van der Waals surface area (Å²) in [6.07, 6.45) is 4.63. The summed E-state index contributed by atoms with van der Waals surface area (Å²) in [5.41, 5.74) is -0.667. The summed E-state index contributed by atoms with van der Waals surface area (Å²) in [7, 11) is 1.63. The second-order valence-corrected chi connectivity index (χ2v) is 6.65. The van der Waals surface area contributed by atoms with Gasteiger partial charge in [0, 0.05) is 7.11 Å². The molecule has 0 aromatic rings. The Balaban J connectivity index is 2.05. The molecular weight excluding hydrogens is 232 g/mol. The molecule has 18 heavy (non-hydrogen) atoms. The van der Waals surface area contributed by atoms with Crippen LogP contribution in [0.4, 0.5) is 0 Å².